The maximum Gasteiger partial charge on any atom is 0.0586 e. The third-order valence-electron chi connectivity index (χ3n) is 3.00. The Hall–Kier alpha value is -0.0900. The summed E-state index contributed by atoms with van der Waals surface area (Å²) in [5, 5.41) is 9.91. The van der Waals surface area contributed by atoms with E-state index in [0.717, 1.165) is 39.1 Å². The molecular formula is C11H21ClN2O. The van der Waals surface area contributed by atoms with E-state index in [0.29, 0.717) is 11.1 Å². The van der Waals surface area contributed by atoms with Gasteiger partial charge in [0, 0.05) is 43.8 Å². The molecule has 0 spiro atoms. The molecule has 0 amide bonds. The number of nitrogens with zero attached hydrogens (tertiary/aromatic N) is 2. The van der Waals surface area contributed by atoms with Crippen molar-refractivity contribution in [1.82, 2.24) is 9.80 Å². The van der Waals surface area contributed by atoms with Gasteiger partial charge in [0.2, 0.25) is 0 Å². The van der Waals surface area contributed by atoms with Gasteiger partial charge in [-0.25, -0.2) is 0 Å². The zero-order chi connectivity index (χ0) is 11.3. The second-order valence-corrected chi connectivity index (χ2v) is 4.61. The van der Waals surface area contributed by atoms with E-state index < -0.39 is 0 Å². The average Bonchev–Trinajstić information content (AvgIpc) is 2.21. The molecule has 1 saturated heterocycles. The summed E-state index contributed by atoms with van der Waals surface area (Å²) in [4.78, 5) is 4.66. The summed E-state index contributed by atoms with van der Waals surface area (Å²) in [5.41, 5.74) is 0. The highest BCUT2D eigenvalue weighted by Crippen LogP contribution is 2.10. The van der Waals surface area contributed by atoms with E-state index in [4.69, 9.17) is 11.6 Å². The highest BCUT2D eigenvalue weighted by Gasteiger charge is 2.21. The summed E-state index contributed by atoms with van der Waals surface area (Å²) < 4.78 is 0. The molecule has 15 heavy (non-hydrogen) atoms. The van der Waals surface area contributed by atoms with Crippen molar-refractivity contribution >= 4 is 11.6 Å². The third-order valence-corrected chi connectivity index (χ3v) is 3.12. The van der Waals surface area contributed by atoms with Crippen LogP contribution in [0, 0.1) is 0 Å². The van der Waals surface area contributed by atoms with Crippen LogP contribution in [0.2, 0.25) is 0 Å². The molecule has 0 radical (unpaired) electrons. The first-order valence-corrected chi connectivity index (χ1v) is 5.95. The number of hydrogen-bond acceptors (Lipinski definition) is 3. The summed E-state index contributed by atoms with van der Waals surface area (Å²) >= 11 is 5.77. The first-order valence-electron chi connectivity index (χ1n) is 5.58. The van der Waals surface area contributed by atoms with Crippen LogP contribution in [-0.2, 0) is 0 Å². The number of hydrogen-bond donors (Lipinski definition) is 1. The molecule has 0 bridgehead atoms. The molecule has 1 aliphatic rings. The topological polar surface area (TPSA) is 26.7 Å². The molecule has 0 saturated carbocycles. The van der Waals surface area contributed by atoms with Gasteiger partial charge in [0.15, 0.2) is 0 Å². The predicted octanol–water partition coefficient (Wildman–Crippen LogP) is 1.13. The quantitative estimate of drug-likeness (QED) is 0.770. The third kappa shape index (κ3) is 4.11. The van der Waals surface area contributed by atoms with Crippen molar-refractivity contribution < 1.29 is 5.11 Å². The lowest BCUT2D eigenvalue weighted by Crippen LogP contribution is -2.51. The van der Waals surface area contributed by atoms with E-state index in [-0.39, 0.29) is 6.61 Å². The Labute approximate surface area is 97.3 Å². The lowest BCUT2D eigenvalue weighted by Gasteiger charge is -2.38. The fourth-order valence-electron chi connectivity index (χ4n) is 2.03. The molecule has 1 atom stereocenters. The molecule has 0 aromatic rings. The first-order chi connectivity index (χ1) is 7.17. The van der Waals surface area contributed by atoms with E-state index >= 15 is 0 Å². The van der Waals surface area contributed by atoms with Gasteiger partial charge >= 0.3 is 0 Å². The summed E-state index contributed by atoms with van der Waals surface area (Å²) in [6.07, 6.45) is 1.01. The smallest absolute Gasteiger partial charge is 0.0586 e. The maximum atomic E-state index is 9.20. The van der Waals surface area contributed by atoms with Crippen molar-refractivity contribution in [2.45, 2.75) is 19.4 Å². The Kier molecular flexibility index (Phi) is 5.61. The SMILES string of the molecule is C=C(Cl)CN1CCN([C@@H](CC)CO)CC1. The Morgan fingerprint density at radius 3 is 2.40 bits per heavy atom. The molecule has 0 aromatic heterocycles. The maximum absolute atomic E-state index is 9.20. The second-order valence-electron chi connectivity index (χ2n) is 4.07. The zero-order valence-corrected chi connectivity index (χ0v) is 10.2. The monoisotopic (exact) mass is 232 g/mol. The van der Waals surface area contributed by atoms with Crippen LogP contribution in [0.25, 0.3) is 0 Å². The van der Waals surface area contributed by atoms with Gasteiger partial charge in [-0.1, -0.05) is 25.1 Å². The van der Waals surface area contributed by atoms with Crippen molar-refractivity contribution in [3.8, 4) is 0 Å². The Morgan fingerprint density at radius 2 is 2.00 bits per heavy atom. The molecule has 3 nitrogen and oxygen atoms in total. The van der Waals surface area contributed by atoms with Crippen LogP contribution in [-0.4, -0.2) is 60.3 Å². The number of rotatable bonds is 5. The van der Waals surface area contributed by atoms with Gasteiger partial charge in [0.05, 0.1) is 6.61 Å². The highest BCUT2D eigenvalue weighted by atomic mass is 35.5. The van der Waals surface area contributed by atoms with Crippen molar-refractivity contribution in [3.05, 3.63) is 11.6 Å². The van der Waals surface area contributed by atoms with E-state index in [9.17, 15) is 5.11 Å². The van der Waals surface area contributed by atoms with Crippen LogP contribution >= 0.6 is 11.6 Å². The summed E-state index contributed by atoms with van der Waals surface area (Å²) in [6.45, 7) is 10.9. The van der Waals surface area contributed by atoms with Gasteiger partial charge in [-0.3, -0.25) is 9.80 Å². The van der Waals surface area contributed by atoms with Crippen LogP contribution in [0.4, 0.5) is 0 Å². The van der Waals surface area contributed by atoms with Crippen LogP contribution in [0.15, 0.2) is 11.6 Å². The largest absolute Gasteiger partial charge is 0.395 e. The molecule has 4 heteroatoms. The molecule has 1 fully saturated rings. The summed E-state index contributed by atoms with van der Waals surface area (Å²) in [5.74, 6) is 0. The second kappa shape index (κ2) is 6.48. The lowest BCUT2D eigenvalue weighted by molar-refractivity contribution is 0.0677. The molecule has 1 rings (SSSR count). The van der Waals surface area contributed by atoms with Crippen molar-refractivity contribution in [2.75, 3.05) is 39.3 Å². The number of piperazine rings is 1. The normalized spacial score (nSPS) is 21.5. The number of aliphatic hydroxyl groups is 1. The standard InChI is InChI=1S/C11H21ClN2O/c1-3-11(9-15)14-6-4-13(5-7-14)8-10(2)12/h11,15H,2-9H2,1H3/t11-/m0/s1. The van der Waals surface area contributed by atoms with Crippen LogP contribution in [0.5, 0.6) is 0 Å². The zero-order valence-electron chi connectivity index (χ0n) is 9.45. The van der Waals surface area contributed by atoms with Crippen LogP contribution in [0.3, 0.4) is 0 Å². The number of aliphatic hydroxyl groups excluding tert-OH is 1. The van der Waals surface area contributed by atoms with E-state index in [2.05, 4.69) is 23.3 Å². The Morgan fingerprint density at radius 1 is 1.40 bits per heavy atom. The molecule has 0 aromatic carbocycles. The predicted molar refractivity (Wildman–Crippen MR) is 64.2 cm³/mol. The van der Waals surface area contributed by atoms with Gasteiger partial charge in [0.1, 0.15) is 0 Å². The molecule has 1 heterocycles. The van der Waals surface area contributed by atoms with Gasteiger partial charge < -0.3 is 5.11 Å². The fraction of sp³-hybridized carbons (Fsp3) is 0.818. The van der Waals surface area contributed by atoms with Crippen LogP contribution in [0.1, 0.15) is 13.3 Å². The van der Waals surface area contributed by atoms with Gasteiger partial charge in [-0.05, 0) is 6.42 Å². The first kappa shape index (κ1) is 13.0. The van der Waals surface area contributed by atoms with Crippen molar-refractivity contribution in [1.29, 1.82) is 0 Å². The highest BCUT2D eigenvalue weighted by molar-refractivity contribution is 6.29. The van der Waals surface area contributed by atoms with E-state index in [1.165, 1.54) is 0 Å². The molecule has 0 unspecified atom stereocenters. The van der Waals surface area contributed by atoms with Gasteiger partial charge in [-0.15, -0.1) is 0 Å². The Balaban J connectivity index is 2.31. The van der Waals surface area contributed by atoms with Gasteiger partial charge in [-0.2, -0.15) is 0 Å². The number of halogens is 1. The van der Waals surface area contributed by atoms with E-state index in [1.807, 2.05) is 0 Å². The minimum Gasteiger partial charge on any atom is -0.395 e. The minimum absolute atomic E-state index is 0.263. The lowest BCUT2D eigenvalue weighted by atomic mass is 10.1. The van der Waals surface area contributed by atoms with Gasteiger partial charge in [0.25, 0.3) is 0 Å². The summed E-state index contributed by atoms with van der Waals surface area (Å²) in [7, 11) is 0. The van der Waals surface area contributed by atoms with E-state index in [1.54, 1.807) is 0 Å². The van der Waals surface area contributed by atoms with Crippen LogP contribution < -0.4 is 0 Å². The minimum atomic E-state index is 0.263. The summed E-state index contributed by atoms with van der Waals surface area (Å²) in [6, 6.07) is 0.325. The molecular weight excluding hydrogens is 212 g/mol. The molecule has 1 N–H and O–H groups in total. The van der Waals surface area contributed by atoms with Crippen molar-refractivity contribution in [3.63, 3.8) is 0 Å². The average molecular weight is 233 g/mol. The molecule has 1 aliphatic heterocycles. The Bertz CT molecular complexity index is 199. The van der Waals surface area contributed by atoms with Crippen molar-refractivity contribution in [2.24, 2.45) is 0 Å². The fourth-order valence-corrected chi connectivity index (χ4v) is 2.20. The molecule has 88 valence electrons. The molecule has 0 aliphatic carbocycles.